The summed E-state index contributed by atoms with van der Waals surface area (Å²) in [6, 6.07) is 7.45. The maximum Gasteiger partial charge on any atom is 0.0472 e. The highest BCUT2D eigenvalue weighted by molar-refractivity contribution is 6.36. The molecule has 0 bridgehead atoms. The quantitative estimate of drug-likeness (QED) is 0.628. The van der Waals surface area contributed by atoms with Gasteiger partial charge < -0.3 is 10.2 Å². The van der Waals surface area contributed by atoms with Crippen LogP contribution in [0.4, 0.5) is 0 Å². The van der Waals surface area contributed by atoms with Crippen molar-refractivity contribution >= 4 is 46.4 Å². The first-order valence-electron chi connectivity index (χ1n) is 7.90. The third-order valence-corrected chi connectivity index (χ3v) is 5.80. The zero-order chi connectivity index (χ0) is 18.8. The second-order valence-corrected chi connectivity index (χ2v) is 8.04. The zero-order valence-electron chi connectivity index (χ0n) is 14.0. The molecule has 2 nitrogen and oxygen atoms in total. The molecule has 0 atom stereocenters. The summed E-state index contributed by atoms with van der Waals surface area (Å²) in [5.74, 6) is 0. The van der Waals surface area contributed by atoms with Crippen LogP contribution >= 0.6 is 46.4 Å². The van der Waals surface area contributed by atoms with Gasteiger partial charge in [0.25, 0.3) is 0 Å². The Kier molecular flexibility index (Phi) is 7.06. The van der Waals surface area contributed by atoms with E-state index < -0.39 is 5.41 Å². The second kappa shape index (κ2) is 8.47. The van der Waals surface area contributed by atoms with Gasteiger partial charge in [-0.05, 0) is 59.4 Å². The highest BCUT2D eigenvalue weighted by Gasteiger charge is 2.27. The molecule has 6 heteroatoms. The Labute approximate surface area is 168 Å². The fourth-order valence-electron chi connectivity index (χ4n) is 2.80. The zero-order valence-corrected chi connectivity index (χ0v) is 17.1. The first kappa shape index (κ1) is 20.8. The van der Waals surface area contributed by atoms with Crippen LogP contribution in [0.15, 0.2) is 24.3 Å². The number of halogens is 4. The third kappa shape index (κ3) is 4.44. The molecule has 0 aliphatic rings. The van der Waals surface area contributed by atoms with Gasteiger partial charge in [0.05, 0.1) is 0 Å². The molecule has 2 N–H and O–H groups in total. The van der Waals surface area contributed by atoms with Gasteiger partial charge in [-0.15, -0.1) is 0 Å². The van der Waals surface area contributed by atoms with Crippen LogP contribution in [0.5, 0.6) is 0 Å². The maximum absolute atomic E-state index is 9.14. The Morgan fingerprint density at radius 1 is 0.680 bits per heavy atom. The fraction of sp³-hybridized carbons (Fsp3) is 0.368. The van der Waals surface area contributed by atoms with Crippen LogP contribution in [0.1, 0.15) is 36.1 Å². The molecule has 0 spiro atoms. The topological polar surface area (TPSA) is 40.5 Å². The number of benzene rings is 2. The lowest BCUT2D eigenvalue weighted by Gasteiger charge is -2.28. The summed E-state index contributed by atoms with van der Waals surface area (Å²) in [5.41, 5.74) is 2.88. The summed E-state index contributed by atoms with van der Waals surface area (Å²) in [5, 5.41) is 20.4. The van der Waals surface area contributed by atoms with Crippen molar-refractivity contribution in [3.63, 3.8) is 0 Å². The molecular weight excluding hydrogens is 402 g/mol. The van der Waals surface area contributed by atoms with Crippen molar-refractivity contribution in [2.45, 2.75) is 32.1 Å². The monoisotopic (exact) mass is 420 g/mol. The molecular formula is C19H20Cl4O2. The molecule has 0 unspecified atom stereocenters. The van der Waals surface area contributed by atoms with Crippen molar-refractivity contribution in [3.05, 3.63) is 66.6 Å². The van der Waals surface area contributed by atoms with Gasteiger partial charge in [-0.3, -0.25) is 0 Å². The van der Waals surface area contributed by atoms with Crippen molar-refractivity contribution in [1.82, 2.24) is 0 Å². The van der Waals surface area contributed by atoms with Crippen LogP contribution < -0.4 is 0 Å². The second-order valence-electron chi connectivity index (χ2n) is 6.41. The van der Waals surface area contributed by atoms with E-state index in [9.17, 15) is 0 Å². The SMILES string of the molecule is CC(C)(c1cc(Cl)c(CCO)c(Cl)c1)c1cc(Cl)c(CCO)c(Cl)c1. The van der Waals surface area contributed by atoms with Gasteiger partial charge in [-0.1, -0.05) is 60.3 Å². The summed E-state index contributed by atoms with van der Waals surface area (Å²) in [6.45, 7) is 4.04. The van der Waals surface area contributed by atoms with Gasteiger partial charge in [0, 0.05) is 38.7 Å². The fourth-order valence-corrected chi connectivity index (χ4v) is 4.15. The van der Waals surface area contributed by atoms with Gasteiger partial charge in [0.15, 0.2) is 0 Å². The highest BCUT2D eigenvalue weighted by Crippen LogP contribution is 2.40. The largest absolute Gasteiger partial charge is 0.396 e. The van der Waals surface area contributed by atoms with Crippen molar-refractivity contribution in [2.24, 2.45) is 0 Å². The summed E-state index contributed by atoms with van der Waals surface area (Å²) in [7, 11) is 0. The molecule has 0 heterocycles. The smallest absolute Gasteiger partial charge is 0.0472 e. The molecule has 0 saturated carbocycles. The lowest BCUT2D eigenvalue weighted by molar-refractivity contribution is 0.299. The molecule has 25 heavy (non-hydrogen) atoms. The van der Waals surface area contributed by atoms with Gasteiger partial charge in [-0.25, -0.2) is 0 Å². The lowest BCUT2D eigenvalue weighted by Crippen LogP contribution is -2.19. The van der Waals surface area contributed by atoms with Crippen LogP contribution in [0, 0.1) is 0 Å². The highest BCUT2D eigenvalue weighted by atomic mass is 35.5. The van der Waals surface area contributed by atoms with E-state index >= 15 is 0 Å². The van der Waals surface area contributed by atoms with Crippen LogP contribution in [0.2, 0.25) is 20.1 Å². The van der Waals surface area contributed by atoms with Crippen molar-refractivity contribution in [3.8, 4) is 0 Å². The maximum atomic E-state index is 9.14. The Bertz CT molecular complexity index is 663. The molecule has 2 aromatic carbocycles. The Balaban J connectivity index is 2.52. The van der Waals surface area contributed by atoms with Crippen LogP contribution in [0.25, 0.3) is 0 Å². The van der Waals surface area contributed by atoms with Gasteiger partial charge in [-0.2, -0.15) is 0 Å². The Hall–Kier alpha value is -0.480. The minimum atomic E-state index is -0.434. The predicted molar refractivity (Wildman–Crippen MR) is 107 cm³/mol. The van der Waals surface area contributed by atoms with E-state index in [0.29, 0.717) is 32.9 Å². The molecule has 2 rings (SSSR count). The number of aliphatic hydroxyl groups is 2. The first-order valence-corrected chi connectivity index (χ1v) is 9.42. The standard InChI is InChI=1S/C19H20Cl4O2/c1-19(2,11-7-15(20)13(3-5-24)16(21)8-11)12-9-17(22)14(4-6-25)18(23)10-12/h7-10,24-25H,3-6H2,1-2H3. The van der Waals surface area contributed by atoms with E-state index in [4.69, 9.17) is 56.6 Å². The molecule has 0 aliphatic carbocycles. The predicted octanol–water partition coefficient (Wildman–Crippen LogP) is 5.70. The van der Waals surface area contributed by atoms with Gasteiger partial charge in [0.1, 0.15) is 0 Å². The van der Waals surface area contributed by atoms with Crippen LogP contribution in [0.3, 0.4) is 0 Å². The molecule has 0 fully saturated rings. The molecule has 0 amide bonds. The summed E-state index contributed by atoms with van der Waals surface area (Å²) < 4.78 is 0. The first-order chi connectivity index (χ1) is 11.7. The minimum Gasteiger partial charge on any atom is -0.396 e. The number of rotatable bonds is 6. The van der Waals surface area contributed by atoms with Gasteiger partial charge in [0.2, 0.25) is 0 Å². The Morgan fingerprint density at radius 2 is 0.960 bits per heavy atom. The van der Waals surface area contributed by atoms with E-state index in [2.05, 4.69) is 0 Å². The van der Waals surface area contributed by atoms with E-state index in [1.54, 1.807) is 0 Å². The number of hydrogen-bond acceptors (Lipinski definition) is 2. The van der Waals surface area contributed by atoms with Crippen LogP contribution in [-0.2, 0) is 18.3 Å². The van der Waals surface area contributed by atoms with Crippen molar-refractivity contribution < 1.29 is 10.2 Å². The minimum absolute atomic E-state index is 0.0142. The normalized spacial score (nSPS) is 11.8. The van der Waals surface area contributed by atoms with E-state index in [1.165, 1.54) is 0 Å². The van der Waals surface area contributed by atoms with Gasteiger partial charge >= 0.3 is 0 Å². The summed E-state index contributed by atoms with van der Waals surface area (Å²) in [4.78, 5) is 0. The van der Waals surface area contributed by atoms with Crippen molar-refractivity contribution in [2.75, 3.05) is 13.2 Å². The summed E-state index contributed by atoms with van der Waals surface area (Å²) >= 11 is 25.4. The van der Waals surface area contributed by atoms with Crippen molar-refractivity contribution in [1.29, 1.82) is 0 Å². The molecule has 136 valence electrons. The van der Waals surface area contributed by atoms with Crippen LogP contribution in [-0.4, -0.2) is 23.4 Å². The van der Waals surface area contributed by atoms with E-state index in [0.717, 1.165) is 22.3 Å². The number of aliphatic hydroxyl groups excluding tert-OH is 2. The molecule has 0 radical (unpaired) electrons. The number of hydrogen-bond donors (Lipinski definition) is 2. The average Bonchev–Trinajstić information content (AvgIpc) is 2.53. The molecule has 0 aliphatic heterocycles. The summed E-state index contributed by atoms with van der Waals surface area (Å²) in [6.07, 6.45) is 0.817. The average molecular weight is 422 g/mol. The Morgan fingerprint density at radius 3 is 1.20 bits per heavy atom. The lowest BCUT2D eigenvalue weighted by atomic mass is 9.77. The molecule has 0 aromatic heterocycles. The van der Waals surface area contributed by atoms with E-state index in [1.807, 2.05) is 38.1 Å². The van der Waals surface area contributed by atoms with E-state index in [-0.39, 0.29) is 13.2 Å². The molecule has 0 saturated heterocycles. The third-order valence-electron chi connectivity index (χ3n) is 4.45. The molecule has 2 aromatic rings.